The van der Waals surface area contributed by atoms with Crippen LogP contribution in [0.4, 0.5) is 28.4 Å². The van der Waals surface area contributed by atoms with E-state index in [1.807, 2.05) is 26.1 Å². The van der Waals surface area contributed by atoms with Crippen molar-refractivity contribution in [2.24, 2.45) is 40.1 Å². The number of carboxylic acid groups (broad SMARTS) is 1. The van der Waals surface area contributed by atoms with Gasteiger partial charge in [0.25, 0.3) is 0 Å². The average molecular weight is 1640 g/mol. The molecule has 40 heteroatoms. The van der Waals surface area contributed by atoms with Crippen molar-refractivity contribution in [2.75, 3.05) is 25.0 Å². The van der Waals surface area contributed by atoms with Crippen molar-refractivity contribution in [1.82, 2.24) is 63.8 Å². The summed E-state index contributed by atoms with van der Waals surface area (Å²) >= 11 is 0. The van der Waals surface area contributed by atoms with E-state index in [4.69, 9.17) is 26.4 Å². The molecule has 0 spiro atoms. The van der Waals surface area contributed by atoms with Crippen molar-refractivity contribution in [2.45, 2.75) is 253 Å². The molecule has 1 unspecified atom stereocenters. The minimum atomic E-state index is -5.55. The number of alkyl halides is 3. The second-order valence-electron chi connectivity index (χ2n) is 32.0. The predicted octanol–water partition coefficient (Wildman–Crippen LogP) is 1.04. The largest absolute Gasteiger partial charge is 0.490 e. The minimum absolute atomic E-state index is 0.00229. The van der Waals surface area contributed by atoms with Crippen LogP contribution in [0, 0.1) is 34.0 Å². The molecule has 644 valence electrons. The first-order valence-electron chi connectivity index (χ1n) is 37.4. The average Bonchev–Trinajstić information content (AvgIpc) is 0.830. The fourth-order valence-electron chi connectivity index (χ4n) is 10.9. The number of primary amides is 1. The number of alkyl carbamates (subject to hydrolysis) is 1. The number of aliphatic carboxylic acids is 1. The minimum Gasteiger partial charge on any atom is -0.480 e. The van der Waals surface area contributed by atoms with Crippen LogP contribution >= 0.6 is 0 Å². The molecular weight excluding hydrogens is 1520 g/mol. The zero-order valence-corrected chi connectivity index (χ0v) is 67.8. The maximum atomic E-state index is 15.2. The van der Waals surface area contributed by atoms with Crippen LogP contribution in [-0.2, 0) is 89.6 Å². The molecule has 0 aliphatic carbocycles. The number of rotatable bonds is 44. The van der Waals surface area contributed by atoms with Gasteiger partial charge in [-0.3, -0.25) is 63.5 Å². The maximum absolute atomic E-state index is 15.2. The molecule has 2 aromatic carbocycles. The third-order valence-corrected chi connectivity index (χ3v) is 16.9. The Morgan fingerprint density at radius 3 is 1.55 bits per heavy atom. The van der Waals surface area contributed by atoms with Crippen LogP contribution in [0.1, 0.15) is 167 Å². The first-order valence-corrected chi connectivity index (χ1v) is 37.4. The van der Waals surface area contributed by atoms with Crippen molar-refractivity contribution in [1.29, 1.82) is 5.41 Å². The van der Waals surface area contributed by atoms with Gasteiger partial charge in [-0.25, -0.2) is 19.2 Å². The van der Waals surface area contributed by atoms with Gasteiger partial charge in [0.1, 0.15) is 73.2 Å². The lowest BCUT2D eigenvalue weighted by Crippen LogP contribution is -2.63. The second-order valence-corrected chi connectivity index (χ2v) is 32.0. The SMILES string of the molecule is CC[C@H](C)[C@H](NC(=O)[C@@H](CCCNC(=N)N)NC(=O)[C@H](CC(C)C)NC(=O)[C@@H](NC(=O)[C@H](Cc1cccc(NC(=O)OC(C)(C)C)c1)NC(=O)[C@H](CC(C)(C)C)NC(=O)[C@@H](CC(C)(C)C)NC(=O)OCc1ccccc1)C(O)C(C)C)C(=O)N[C@H](C(=O)NCC(=O)N[C@@H](CC(N)=O)C(=O)N[C@@H](COC(=O)C(F)(F)F)C(=O)O)[C@H](C)O. The van der Waals surface area contributed by atoms with Crippen molar-refractivity contribution in [3.8, 4) is 0 Å². The summed E-state index contributed by atoms with van der Waals surface area (Å²) in [6.45, 7) is 23.6. The number of benzene rings is 2. The summed E-state index contributed by atoms with van der Waals surface area (Å²) in [6, 6.07) is -2.46. The van der Waals surface area contributed by atoms with Gasteiger partial charge < -0.3 is 105 Å². The highest BCUT2D eigenvalue weighted by Crippen LogP contribution is 2.25. The van der Waals surface area contributed by atoms with Crippen molar-refractivity contribution in [3.05, 3.63) is 65.7 Å². The molecule has 115 heavy (non-hydrogen) atoms. The number of anilines is 1. The molecular formula is C75H117F3N16O21. The van der Waals surface area contributed by atoms with Gasteiger partial charge in [0.15, 0.2) is 12.0 Å². The summed E-state index contributed by atoms with van der Waals surface area (Å²) in [4.78, 5) is 204. The summed E-state index contributed by atoms with van der Waals surface area (Å²) in [5.74, 6) is -19.7. The number of halogens is 3. The number of guanidine groups is 1. The van der Waals surface area contributed by atoms with E-state index < -0.39 is 228 Å². The summed E-state index contributed by atoms with van der Waals surface area (Å²) < 4.78 is 52.9. The third kappa shape index (κ3) is 39.1. The molecule has 21 N–H and O–H groups in total. The first-order chi connectivity index (χ1) is 53.1. The number of aliphatic hydroxyl groups excluding tert-OH is 2. The van der Waals surface area contributed by atoms with Crippen LogP contribution in [0.15, 0.2) is 54.6 Å². The van der Waals surface area contributed by atoms with E-state index in [2.05, 4.69) is 63.2 Å². The number of nitrogens with one attached hydrogen (secondary N) is 14. The predicted molar refractivity (Wildman–Crippen MR) is 411 cm³/mol. The molecule has 0 saturated carbocycles. The Balaban J connectivity index is 2.66. The van der Waals surface area contributed by atoms with Gasteiger partial charge in [0, 0.05) is 18.7 Å². The Labute approximate surface area is 666 Å². The van der Waals surface area contributed by atoms with Gasteiger partial charge in [-0.1, -0.05) is 132 Å². The number of carbonyl (C=O) groups is 15. The molecule has 2 rings (SSSR count). The highest BCUT2D eigenvalue weighted by molar-refractivity contribution is 6.00. The summed E-state index contributed by atoms with van der Waals surface area (Å²) in [6.07, 6.45) is -12.5. The number of carboxylic acids is 1. The maximum Gasteiger partial charge on any atom is 0.490 e. The number of esters is 1. The second kappa shape index (κ2) is 46.4. The zero-order chi connectivity index (χ0) is 87.8. The summed E-state index contributed by atoms with van der Waals surface area (Å²) in [5, 5.41) is 71.6. The van der Waals surface area contributed by atoms with Crippen molar-refractivity contribution in [3.63, 3.8) is 0 Å². The fourth-order valence-corrected chi connectivity index (χ4v) is 10.9. The highest BCUT2D eigenvalue weighted by atomic mass is 19.4. The summed E-state index contributed by atoms with van der Waals surface area (Å²) in [5.41, 5.74) is 9.74. The van der Waals surface area contributed by atoms with Crippen LogP contribution in [0.5, 0.6) is 0 Å². The van der Waals surface area contributed by atoms with Crippen LogP contribution < -0.4 is 80.6 Å². The topological polar surface area (TPSA) is 577 Å². The number of aliphatic hydroxyl groups is 2. The van der Waals surface area contributed by atoms with E-state index in [9.17, 15) is 90.8 Å². The van der Waals surface area contributed by atoms with Gasteiger partial charge in [-0.15, -0.1) is 0 Å². The van der Waals surface area contributed by atoms with Crippen molar-refractivity contribution < 1.29 is 115 Å². The number of hydrogen-bond donors (Lipinski definition) is 19. The smallest absolute Gasteiger partial charge is 0.480 e. The molecule has 0 aliphatic heterocycles. The molecule has 0 saturated heterocycles. The Morgan fingerprint density at radius 1 is 0.530 bits per heavy atom. The Hall–Kier alpha value is -10.9. The molecule has 2 aromatic rings. The molecule has 0 radical (unpaired) electrons. The quantitative estimate of drug-likeness (QED) is 0.0145. The normalized spacial score (nSPS) is 15.1. The van der Waals surface area contributed by atoms with Crippen LogP contribution in [0.3, 0.4) is 0 Å². The first kappa shape index (κ1) is 100. The molecule has 0 aliphatic rings. The van der Waals surface area contributed by atoms with E-state index >= 15 is 9.59 Å². The molecule has 13 amide bonds. The van der Waals surface area contributed by atoms with Gasteiger partial charge in [-0.05, 0) is 112 Å². The van der Waals surface area contributed by atoms with E-state index in [1.54, 1.807) is 110 Å². The molecule has 0 aromatic heterocycles. The lowest BCUT2D eigenvalue weighted by atomic mass is 9.86. The van der Waals surface area contributed by atoms with Crippen LogP contribution in [-0.4, -0.2) is 214 Å². The monoisotopic (exact) mass is 1630 g/mol. The molecule has 0 heterocycles. The highest BCUT2D eigenvalue weighted by Gasteiger charge is 2.44. The van der Waals surface area contributed by atoms with E-state index in [1.165, 1.54) is 32.9 Å². The lowest BCUT2D eigenvalue weighted by molar-refractivity contribution is -0.200. The Morgan fingerprint density at radius 2 is 1.03 bits per heavy atom. The molecule has 0 bridgehead atoms. The van der Waals surface area contributed by atoms with Gasteiger partial charge in [-0.2, -0.15) is 13.2 Å². The standard InChI is InChI=1S/C75H117F3N16O21/c1-17-40(6)54(65(106)93-55(41(7)95)64(105)83-35-53(97)85-48(32-52(79)96)60(101)90-51(67(108)109)37-113-68(110)75(76,77)78)92-58(99)45(27-22-28-82-69(80)81)86-59(100)46(29-38(2)3)88-66(107)56(57(98)39(4)5)94-61(102)47(31-43-25-21-26-44(30-43)84-71(112)115-74(14,15)16)87-62(103)49(33-72(8,9)10)89-63(104)50(34-73(11,12)13)91-70(111)114-36-42-23-19-18-20-24-42/h18-21,23-26,30,38-41,45-51,54-57,95,98H,17,22,27-29,31-37H2,1-16H3,(H2,79,96)(H,83,105)(H,84,112)(H,85,97)(H,86,100)(H,87,103)(H,88,107)(H,89,104)(H,90,101)(H,91,111)(H,92,99)(H,93,106)(H,94,102)(H,108,109)(H4,80,81,82)/t40-,41-,45+,46-,47-,48-,49-,50+,51-,54-,55-,56-,57?/m0/s1. The number of amides is 13. The lowest BCUT2D eigenvalue weighted by Gasteiger charge is -2.32. The fraction of sp³-hybridized carbons (Fsp3) is 0.627. The van der Waals surface area contributed by atoms with E-state index in [-0.39, 0.29) is 63.8 Å². The van der Waals surface area contributed by atoms with Gasteiger partial charge >= 0.3 is 30.3 Å². The van der Waals surface area contributed by atoms with Crippen LogP contribution in [0.2, 0.25) is 0 Å². The number of ether oxygens (including phenoxy) is 3. The Bertz CT molecular complexity index is 3680. The molecule has 13 atom stereocenters. The third-order valence-electron chi connectivity index (χ3n) is 16.9. The van der Waals surface area contributed by atoms with Gasteiger partial charge in [0.05, 0.1) is 25.2 Å². The summed E-state index contributed by atoms with van der Waals surface area (Å²) in [7, 11) is 0. The number of nitrogens with two attached hydrogens (primary N) is 2. The van der Waals surface area contributed by atoms with Crippen molar-refractivity contribution >= 4 is 101 Å². The van der Waals surface area contributed by atoms with Gasteiger partial charge in [0.2, 0.25) is 65.0 Å². The molecule has 37 nitrogen and oxygen atoms in total. The number of carbonyl (C=O) groups excluding carboxylic acids is 14. The van der Waals surface area contributed by atoms with Crippen LogP contribution in [0.25, 0.3) is 0 Å². The molecule has 0 fully saturated rings. The van der Waals surface area contributed by atoms with E-state index in [0.29, 0.717) is 11.1 Å². The zero-order valence-electron chi connectivity index (χ0n) is 67.8. The Kier molecular flexibility index (Phi) is 40.4. The van der Waals surface area contributed by atoms with E-state index in [0.717, 1.165) is 6.92 Å². The number of hydrogen-bond acceptors (Lipinski definition) is 21.